The molecule has 0 bridgehead atoms. The minimum Gasteiger partial charge on any atom is -0.497 e. The van der Waals surface area contributed by atoms with Gasteiger partial charge in [-0.2, -0.15) is 5.10 Å². The maximum absolute atomic E-state index is 5.30. The van der Waals surface area contributed by atoms with Crippen molar-refractivity contribution in [2.75, 3.05) is 7.11 Å². The van der Waals surface area contributed by atoms with Crippen molar-refractivity contribution in [2.24, 2.45) is 0 Å². The van der Waals surface area contributed by atoms with Crippen LogP contribution in [0, 0.1) is 0 Å². The van der Waals surface area contributed by atoms with Gasteiger partial charge in [-0.05, 0) is 42.7 Å². The van der Waals surface area contributed by atoms with E-state index in [9.17, 15) is 0 Å². The molecule has 0 spiro atoms. The van der Waals surface area contributed by atoms with Crippen molar-refractivity contribution in [2.45, 2.75) is 12.8 Å². The zero-order valence-electron chi connectivity index (χ0n) is 11.9. The van der Waals surface area contributed by atoms with E-state index >= 15 is 0 Å². The highest BCUT2D eigenvalue weighted by Crippen LogP contribution is 2.29. The largest absolute Gasteiger partial charge is 0.497 e. The molecule has 0 saturated carbocycles. The Bertz CT molecular complexity index is 804. The Balaban J connectivity index is 1.83. The van der Waals surface area contributed by atoms with Gasteiger partial charge in [-0.25, -0.2) is 4.68 Å². The van der Waals surface area contributed by atoms with Gasteiger partial charge in [-0.15, -0.1) is 0 Å². The van der Waals surface area contributed by atoms with Crippen molar-refractivity contribution in [3.05, 3.63) is 65.9 Å². The number of para-hydroxylation sites is 1. The first-order chi connectivity index (χ1) is 10.3. The van der Waals surface area contributed by atoms with E-state index in [0.717, 1.165) is 29.8 Å². The van der Waals surface area contributed by atoms with Gasteiger partial charge >= 0.3 is 0 Å². The summed E-state index contributed by atoms with van der Waals surface area (Å²) in [6, 6.07) is 18.7. The number of fused-ring (bicyclic) bond motifs is 3. The van der Waals surface area contributed by atoms with Crippen LogP contribution < -0.4 is 4.74 Å². The molecule has 1 aromatic heterocycles. The van der Waals surface area contributed by atoms with Gasteiger partial charge in [0.2, 0.25) is 0 Å². The quantitative estimate of drug-likeness (QED) is 0.714. The zero-order valence-corrected chi connectivity index (χ0v) is 11.9. The molecule has 0 unspecified atom stereocenters. The van der Waals surface area contributed by atoms with E-state index in [2.05, 4.69) is 41.1 Å². The van der Waals surface area contributed by atoms with Crippen molar-refractivity contribution in [1.82, 2.24) is 9.78 Å². The topological polar surface area (TPSA) is 27.1 Å². The molecule has 0 radical (unpaired) electrons. The number of ether oxygens (including phenoxy) is 1. The van der Waals surface area contributed by atoms with Crippen LogP contribution in [0.2, 0.25) is 0 Å². The lowest BCUT2D eigenvalue weighted by atomic mass is 10.0. The molecule has 3 aromatic rings. The second kappa shape index (κ2) is 4.77. The maximum atomic E-state index is 5.30. The fraction of sp³-hybridized carbons (Fsp3) is 0.167. The number of benzene rings is 2. The fourth-order valence-electron chi connectivity index (χ4n) is 2.92. The summed E-state index contributed by atoms with van der Waals surface area (Å²) < 4.78 is 7.38. The number of aryl methyl sites for hydroxylation is 2. The third kappa shape index (κ3) is 2.02. The number of hydrogen-bond donors (Lipinski definition) is 0. The lowest BCUT2D eigenvalue weighted by Crippen LogP contribution is -2.12. The predicted octanol–water partition coefficient (Wildman–Crippen LogP) is 3.65. The Morgan fingerprint density at radius 1 is 1.00 bits per heavy atom. The van der Waals surface area contributed by atoms with E-state index in [0.29, 0.717) is 0 Å². The smallest absolute Gasteiger partial charge is 0.119 e. The Kier molecular flexibility index (Phi) is 2.78. The molecule has 0 N–H and O–H groups in total. The lowest BCUT2D eigenvalue weighted by Gasteiger charge is -2.17. The average molecular weight is 276 g/mol. The van der Waals surface area contributed by atoms with E-state index in [1.807, 2.05) is 18.2 Å². The second-order valence-electron chi connectivity index (χ2n) is 5.29. The molecule has 0 amide bonds. The molecule has 104 valence electrons. The van der Waals surface area contributed by atoms with Crippen LogP contribution >= 0.6 is 0 Å². The van der Waals surface area contributed by atoms with Crippen LogP contribution in [0.5, 0.6) is 5.75 Å². The van der Waals surface area contributed by atoms with Gasteiger partial charge in [0.05, 0.1) is 18.5 Å². The number of nitrogens with zero attached hydrogens (tertiary/aromatic N) is 2. The minimum atomic E-state index is 0.860. The number of methoxy groups -OCH3 is 1. The molecule has 2 heterocycles. The first kappa shape index (κ1) is 12.2. The molecule has 0 atom stereocenters. The van der Waals surface area contributed by atoms with Gasteiger partial charge in [0.15, 0.2) is 0 Å². The van der Waals surface area contributed by atoms with Crippen molar-refractivity contribution < 1.29 is 4.74 Å². The molecule has 0 fully saturated rings. The Labute approximate surface area is 123 Å². The van der Waals surface area contributed by atoms with Crippen LogP contribution in [0.25, 0.3) is 16.9 Å². The maximum Gasteiger partial charge on any atom is 0.119 e. The molecule has 0 aliphatic carbocycles. The van der Waals surface area contributed by atoms with E-state index < -0.39 is 0 Å². The summed E-state index contributed by atoms with van der Waals surface area (Å²) in [5.74, 6) is 0.860. The Morgan fingerprint density at radius 2 is 1.90 bits per heavy atom. The zero-order chi connectivity index (χ0) is 14.2. The molecular formula is C18H16N2O. The molecule has 1 aliphatic heterocycles. The summed E-state index contributed by atoms with van der Waals surface area (Å²) in [6.07, 6.45) is 2.12. The lowest BCUT2D eigenvalue weighted by molar-refractivity contribution is 0.415. The van der Waals surface area contributed by atoms with Crippen LogP contribution in [-0.2, 0) is 12.8 Å². The summed E-state index contributed by atoms with van der Waals surface area (Å²) in [7, 11) is 1.69. The first-order valence-electron chi connectivity index (χ1n) is 7.17. The average Bonchev–Trinajstić information content (AvgIpc) is 2.99. The summed E-state index contributed by atoms with van der Waals surface area (Å²) in [4.78, 5) is 0. The first-order valence-corrected chi connectivity index (χ1v) is 7.17. The van der Waals surface area contributed by atoms with Crippen LogP contribution in [0.3, 0.4) is 0 Å². The van der Waals surface area contributed by atoms with E-state index in [4.69, 9.17) is 9.84 Å². The Hall–Kier alpha value is -2.55. The molecule has 1 aliphatic rings. The van der Waals surface area contributed by atoms with Crippen LogP contribution in [0.1, 0.15) is 11.3 Å². The fourth-order valence-corrected chi connectivity index (χ4v) is 2.92. The van der Waals surface area contributed by atoms with Gasteiger partial charge in [-0.1, -0.05) is 30.3 Å². The molecule has 0 saturated heterocycles. The molecule has 3 heteroatoms. The number of aromatic nitrogens is 2. The number of rotatable bonds is 2. The van der Waals surface area contributed by atoms with Crippen molar-refractivity contribution in [3.8, 4) is 22.7 Å². The molecule has 21 heavy (non-hydrogen) atoms. The highest BCUT2D eigenvalue weighted by molar-refractivity contribution is 5.63. The highest BCUT2D eigenvalue weighted by atomic mass is 16.5. The third-order valence-electron chi connectivity index (χ3n) is 4.02. The summed E-state index contributed by atoms with van der Waals surface area (Å²) >= 11 is 0. The van der Waals surface area contributed by atoms with Crippen molar-refractivity contribution >= 4 is 0 Å². The van der Waals surface area contributed by atoms with Gasteiger partial charge < -0.3 is 4.74 Å². The number of hydrogen-bond acceptors (Lipinski definition) is 2. The van der Waals surface area contributed by atoms with Gasteiger partial charge in [0, 0.05) is 11.3 Å². The van der Waals surface area contributed by atoms with E-state index in [1.165, 1.54) is 16.9 Å². The van der Waals surface area contributed by atoms with Gasteiger partial charge in [0.1, 0.15) is 5.75 Å². The minimum absolute atomic E-state index is 0.860. The monoisotopic (exact) mass is 276 g/mol. The Morgan fingerprint density at radius 3 is 2.81 bits per heavy atom. The van der Waals surface area contributed by atoms with Gasteiger partial charge in [-0.3, -0.25) is 0 Å². The molecule has 4 rings (SSSR count). The van der Waals surface area contributed by atoms with E-state index in [1.54, 1.807) is 7.11 Å². The van der Waals surface area contributed by atoms with Crippen LogP contribution in [-0.4, -0.2) is 16.9 Å². The summed E-state index contributed by atoms with van der Waals surface area (Å²) in [5, 5.41) is 4.80. The normalized spacial score (nSPS) is 12.6. The van der Waals surface area contributed by atoms with E-state index in [-0.39, 0.29) is 0 Å². The van der Waals surface area contributed by atoms with Crippen molar-refractivity contribution in [3.63, 3.8) is 0 Å². The van der Waals surface area contributed by atoms with Crippen LogP contribution in [0.15, 0.2) is 54.6 Å². The molecule has 2 aromatic carbocycles. The predicted molar refractivity (Wildman–Crippen MR) is 83.0 cm³/mol. The SMILES string of the molecule is COc1cccc(-c2cc3n(n2)-c2ccccc2CC3)c1. The highest BCUT2D eigenvalue weighted by Gasteiger charge is 2.18. The standard InChI is InChI=1S/C18H16N2O/c1-21-16-7-4-6-14(11-16)17-12-15-10-9-13-5-2-3-8-18(13)20(15)19-17/h2-8,11-12H,9-10H2,1H3. The van der Waals surface area contributed by atoms with Gasteiger partial charge in [0.25, 0.3) is 0 Å². The van der Waals surface area contributed by atoms with Crippen LogP contribution in [0.4, 0.5) is 0 Å². The third-order valence-corrected chi connectivity index (χ3v) is 4.02. The molecule has 3 nitrogen and oxygen atoms in total. The summed E-state index contributed by atoms with van der Waals surface area (Å²) in [5.41, 5.74) is 5.93. The van der Waals surface area contributed by atoms with Crippen molar-refractivity contribution in [1.29, 1.82) is 0 Å². The molecular weight excluding hydrogens is 260 g/mol. The second-order valence-corrected chi connectivity index (χ2v) is 5.29. The summed E-state index contributed by atoms with van der Waals surface area (Å²) in [6.45, 7) is 0.